The number of ether oxygens (including phenoxy) is 1. The van der Waals surface area contributed by atoms with Crippen molar-refractivity contribution in [2.75, 3.05) is 19.8 Å². The van der Waals surface area contributed by atoms with Crippen molar-refractivity contribution in [2.24, 2.45) is 5.92 Å². The molecule has 4 heteroatoms. The van der Waals surface area contributed by atoms with Crippen LogP contribution in [0.4, 0.5) is 0 Å². The number of hydrogen-bond acceptors (Lipinski definition) is 3. The minimum absolute atomic E-state index is 0.131. The summed E-state index contributed by atoms with van der Waals surface area (Å²) in [6.45, 7) is 2.58. The van der Waals surface area contributed by atoms with E-state index in [1.807, 2.05) is 18.3 Å². The van der Waals surface area contributed by atoms with Crippen LogP contribution >= 0.6 is 0 Å². The third-order valence-corrected chi connectivity index (χ3v) is 3.50. The predicted octanol–water partition coefficient (Wildman–Crippen LogP) is 1.95. The number of aryl methyl sites for hydroxylation is 1. The number of aromatic nitrogens is 1. The largest absolute Gasteiger partial charge is 0.381 e. The van der Waals surface area contributed by atoms with E-state index in [9.17, 15) is 4.79 Å². The number of carbonyl (C=O) groups is 1. The minimum Gasteiger partial charge on any atom is -0.381 e. The van der Waals surface area contributed by atoms with Crippen LogP contribution in [0.15, 0.2) is 24.5 Å². The van der Waals surface area contributed by atoms with Crippen molar-refractivity contribution in [3.8, 4) is 0 Å². The molecule has 1 amide bonds. The van der Waals surface area contributed by atoms with Gasteiger partial charge < -0.3 is 10.1 Å². The Morgan fingerprint density at radius 1 is 1.53 bits per heavy atom. The van der Waals surface area contributed by atoms with Crippen LogP contribution in [0.25, 0.3) is 0 Å². The van der Waals surface area contributed by atoms with E-state index in [0.29, 0.717) is 12.3 Å². The first kappa shape index (κ1) is 14.0. The molecule has 2 rings (SSSR count). The second kappa shape index (κ2) is 7.89. The Morgan fingerprint density at radius 3 is 3.21 bits per heavy atom. The van der Waals surface area contributed by atoms with Crippen molar-refractivity contribution in [1.29, 1.82) is 0 Å². The van der Waals surface area contributed by atoms with E-state index in [-0.39, 0.29) is 5.91 Å². The maximum atomic E-state index is 11.7. The van der Waals surface area contributed by atoms with Gasteiger partial charge in [0, 0.05) is 38.6 Å². The maximum Gasteiger partial charge on any atom is 0.220 e. The first-order chi connectivity index (χ1) is 9.34. The van der Waals surface area contributed by atoms with Crippen LogP contribution in [0.3, 0.4) is 0 Å². The average Bonchev–Trinajstić information content (AvgIpc) is 2.96. The quantitative estimate of drug-likeness (QED) is 0.764. The summed E-state index contributed by atoms with van der Waals surface area (Å²) in [5.74, 6) is 0.832. The van der Waals surface area contributed by atoms with Crippen molar-refractivity contribution < 1.29 is 9.53 Å². The molecule has 1 unspecified atom stereocenters. The highest BCUT2D eigenvalue weighted by Gasteiger charge is 2.14. The summed E-state index contributed by atoms with van der Waals surface area (Å²) in [5.41, 5.74) is 1.11. The molecule has 2 heterocycles. The molecule has 1 aromatic rings. The second-order valence-electron chi connectivity index (χ2n) is 5.08. The molecular formula is C15H22N2O2. The Bertz CT molecular complexity index is 375. The number of rotatable bonds is 7. The number of carbonyl (C=O) groups excluding carboxylic acids is 1. The van der Waals surface area contributed by atoms with Gasteiger partial charge in [-0.2, -0.15) is 0 Å². The molecule has 1 aliphatic rings. The van der Waals surface area contributed by atoms with E-state index in [0.717, 1.165) is 44.6 Å². The summed E-state index contributed by atoms with van der Waals surface area (Å²) in [6.07, 6.45) is 8.24. The van der Waals surface area contributed by atoms with Crippen LogP contribution in [0.5, 0.6) is 0 Å². The van der Waals surface area contributed by atoms with Crippen molar-refractivity contribution in [3.63, 3.8) is 0 Å². The fraction of sp³-hybridized carbons (Fsp3) is 0.600. The van der Waals surface area contributed by atoms with E-state index < -0.39 is 0 Å². The van der Waals surface area contributed by atoms with Crippen LogP contribution < -0.4 is 5.32 Å². The van der Waals surface area contributed by atoms with E-state index >= 15 is 0 Å². The SMILES string of the molecule is O=C(CCc1cccnc1)NCCCC1CCOC1. The Labute approximate surface area is 114 Å². The lowest BCUT2D eigenvalue weighted by atomic mass is 10.0. The predicted molar refractivity (Wildman–Crippen MR) is 73.7 cm³/mol. The topological polar surface area (TPSA) is 51.2 Å². The molecule has 19 heavy (non-hydrogen) atoms. The van der Waals surface area contributed by atoms with Gasteiger partial charge in [0.05, 0.1) is 0 Å². The third kappa shape index (κ3) is 5.39. The summed E-state index contributed by atoms with van der Waals surface area (Å²) >= 11 is 0. The molecular weight excluding hydrogens is 240 g/mol. The zero-order chi connectivity index (χ0) is 13.3. The molecule has 1 atom stereocenters. The molecule has 1 saturated heterocycles. The second-order valence-corrected chi connectivity index (χ2v) is 5.08. The van der Waals surface area contributed by atoms with Gasteiger partial charge in [0.25, 0.3) is 0 Å². The average molecular weight is 262 g/mol. The third-order valence-electron chi connectivity index (χ3n) is 3.50. The van der Waals surface area contributed by atoms with Gasteiger partial charge in [-0.25, -0.2) is 0 Å². The first-order valence-electron chi connectivity index (χ1n) is 7.08. The number of amides is 1. The summed E-state index contributed by atoms with van der Waals surface area (Å²) < 4.78 is 5.33. The lowest BCUT2D eigenvalue weighted by Crippen LogP contribution is -2.25. The Morgan fingerprint density at radius 2 is 2.47 bits per heavy atom. The van der Waals surface area contributed by atoms with Crippen molar-refractivity contribution >= 4 is 5.91 Å². The number of hydrogen-bond donors (Lipinski definition) is 1. The monoisotopic (exact) mass is 262 g/mol. The summed E-state index contributed by atoms with van der Waals surface area (Å²) in [7, 11) is 0. The van der Waals surface area contributed by atoms with Crippen molar-refractivity contribution in [2.45, 2.75) is 32.1 Å². The zero-order valence-corrected chi connectivity index (χ0v) is 11.3. The zero-order valence-electron chi connectivity index (χ0n) is 11.3. The molecule has 0 saturated carbocycles. The lowest BCUT2D eigenvalue weighted by Gasteiger charge is -2.08. The van der Waals surface area contributed by atoms with E-state index in [2.05, 4.69) is 10.3 Å². The number of pyridine rings is 1. The van der Waals surface area contributed by atoms with Gasteiger partial charge in [0.1, 0.15) is 0 Å². The van der Waals surface area contributed by atoms with Crippen molar-refractivity contribution in [3.05, 3.63) is 30.1 Å². The van der Waals surface area contributed by atoms with Gasteiger partial charge in [-0.1, -0.05) is 6.07 Å². The Hall–Kier alpha value is -1.42. The van der Waals surface area contributed by atoms with Gasteiger partial charge in [-0.15, -0.1) is 0 Å². The molecule has 1 aliphatic heterocycles. The van der Waals surface area contributed by atoms with Crippen LogP contribution in [0.1, 0.15) is 31.2 Å². The van der Waals surface area contributed by atoms with Gasteiger partial charge in [0.15, 0.2) is 0 Å². The van der Waals surface area contributed by atoms with Crippen LogP contribution in [-0.4, -0.2) is 30.6 Å². The molecule has 4 nitrogen and oxygen atoms in total. The summed E-state index contributed by atoms with van der Waals surface area (Å²) in [5, 5.41) is 2.98. The fourth-order valence-corrected chi connectivity index (χ4v) is 2.32. The summed E-state index contributed by atoms with van der Waals surface area (Å²) in [4.78, 5) is 15.7. The molecule has 104 valence electrons. The Kier molecular flexibility index (Phi) is 5.82. The Balaban J connectivity index is 1.52. The van der Waals surface area contributed by atoms with Gasteiger partial charge in [-0.3, -0.25) is 9.78 Å². The standard InChI is InChI=1S/C15H22N2O2/c18-15(6-5-13-3-1-8-16-11-13)17-9-2-4-14-7-10-19-12-14/h1,3,8,11,14H,2,4-7,9-10,12H2,(H,17,18). The molecule has 1 N–H and O–H groups in total. The fourth-order valence-electron chi connectivity index (χ4n) is 2.32. The van der Waals surface area contributed by atoms with Gasteiger partial charge >= 0.3 is 0 Å². The van der Waals surface area contributed by atoms with E-state index in [4.69, 9.17) is 4.74 Å². The van der Waals surface area contributed by atoms with Crippen LogP contribution in [0.2, 0.25) is 0 Å². The molecule has 1 aromatic heterocycles. The highest BCUT2D eigenvalue weighted by Crippen LogP contribution is 2.17. The minimum atomic E-state index is 0.131. The molecule has 0 aromatic carbocycles. The molecule has 1 fully saturated rings. The number of nitrogens with zero attached hydrogens (tertiary/aromatic N) is 1. The van der Waals surface area contributed by atoms with Gasteiger partial charge in [-0.05, 0) is 43.2 Å². The normalized spacial score (nSPS) is 18.4. The highest BCUT2D eigenvalue weighted by atomic mass is 16.5. The smallest absolute Gasteiger partial charge is 0.220 e. The molecule has 0 spiro atoms. The lowest BCUT2D eigenvalue weighted by molar-refractivity contribution is -0.121. The first-order valence-corrected chi connectivity index (χ1v) is 7.08. The molecule has 0 radical (unpaired) electrons. The van der Waals surface area contributed by atoms with Crippen molar-refractivity contribution in [1.82, 2.24) is 10.3 Å². The van der Waals surface area contributed by atoms with E-state index in [1.165, 1.54) is 6.42 Å². The van der Waals surface area contributed by atoms with Gasteiger partial charge in [0.2, 0.25) is 5.91 Å². The van der Waals surface area contributed by atoms with Crippen LogP contribution in [0, 0.1) is 5.92 Å². The number of nitrogens with one attached hydrogen (secondary N) is 1. The molecule has 0 bridgehead atoms. The van der Waals surface area contributed by atoms with E-state index in [1.54, 1.807) is 6.20 Å². The molecule has 0 aliphatic carbocycles. The highest BCUT2D eigenvalue weighted by molar-refractivity contribution is 5.76. The summed E-state index contributed by atoms with van der Waals surface area (Å²) in [6, 6.07) is 3.90. The maximum absolute atomic E-state index is 11.7. The van der Waals surface area contributed by atoms with Crippen LogP contribution in [-0.2, 0) is 16.0 Å².